The third kappa shape index (κ3) is 10.1. The summed E-state index contributed by atoms with van der Waals surface area (Å²) in [6, 6.07) is 60.3. The molecule has 74 heavy (non-hydrogen) atoms. The minimum atomic E-state index is -0.187. The SMILES string of the molecule is CC(C)(C)c1cccc(-c2cccc(C(C)(C)C)c2-[n+]2[c-]n(-c3[c-]c(Oc4[c-]c5c(cc4)c4ccccc4n5-c4cc(C(C)(C)C)ccn4)ccc3)c3cc(-c4cc(C(C)(C)C)cc(C(C)(C)C)c4)ccc32)c1.[Pt]. The van der Waals surface area contributed by atoms with Crippen LogP contribution in [0.15, 0.2) is 152 Å². The summed E-state index contributed by atoms with van der Waals surface area (Å²) in [4.78, 5) is 4.90. The molecule has 0 unspecified atom stereocenters. The molecule has 7 aromatic carbocycles. The number of fused-ring (bicyclic) bond motifs is 4. The van der Waals surface area contributed by atoms with E-state index in [4.69, 9.17) is 9.72 Å². The topological polar surface area (TPSA) is 35.9 Å². The fourth-order valence-corrected chi connectivity index (χ4v) is 9.99. The molecule has 0 aliphatic heterocycles. The summed E-state index contributed by atoms with van der Waals surface area (Å²) >= 11 is 0. The van der Waals surface area contributed by atoms with Gasteiger partial charge in [-0.05, 0) is 112 Å². The van der Waals surface area contributed by atoms with Gasteiger partial charge in [-0.1, -0.05) is 200 Å². The zero-order valence-electron chi connectivity index (χ0n) is 45.9. The normalized spacial score (nSPS) is 12.7. The molecular weight excluding hydrogens is 1080 g/mol. The van der Waals surface area contributed by atoms with Gasteiger partial charge in [-0.25, -0.2) is 4.98 Å². The number of hydrogen-bond donors (Lipinski definition) is 0. The first-order valence-corrected chi connectivity index (χ1v) is 25.9. The maximum absolute atomic E-state index is 6.80. The second-order valence-corrected chi connectivity index (χ2v) is 25.1. The summed E-state index contributed by atoms with van der Waals surface area (Å²) in [6.07, 6.45) is 5.85. The number of para-hydroxylation sites is 2. The van der Waals surface area contributed by atoms with Crippen molar-refractivity contribution in [3.63, 3.8) is 0 Å². The van der Waals surface area contributed by atoms with Gasteiger partial charge in [0, 0.05) is 44.3 Å². The smallest absolute Gasteiger partial charge is 0.268 e. The molecule has 0 radical (unpaired) electrons. The number of aromatic nitrogens is 4. The number of pyridine rings is 1. The molecule has 0 atom stereocenters. The van der Waals surface area contributed by atoms with Crippen LogP contribution in [0.1, 0.15) is 132 Å². The molecule has 0 saturated carbocycles. The molecule has 3 aromatic heterocycles. The first kappa shape index (κ1) is 52.3. The molecular formula is C68H70N4OPt-2. The van der Waals surface area contributed by atoms with E-state index in [0.29, 0.717) is 11.5 Å². The summed E-state index contributed by atoms with van der Waals surface area (Å²) in [5.41, 5.74) is 16.6. The number of hydrogen-bond acceptors (Lipinski definition) is 2. The number of imidazole rings is 1. The number of rotatable bonds is 7. The maximum Gasteiger partial charge on any atom is 0.268 e. The minimum Gasteiger partial charge on any atom is -0.510 e. The fourth-order valence-electron chi connectivity index (χ4n) is 9.99. The van der Waals surface area contributed by atoms with Crippen molar-refractivity contribution in [1.29, 1.82) is 0 Å². The van der Waals surface area contributed by atoms with Crippen LogP contribution in [0.4, 0.5) is 0 Å². The van der Waals surface area contributed by atoms with Gasteiger partial charge in [0.25, 0.3) is 6.33 Å². The summed E-state index contributed by atoms with van der Waals surface area (Å²) in [5, 5.41) is 2.22. The van der Waals surface area contributed by atoms with E-state index in [9.17, 15) is 0 Å². The Hall–Kier alpha value is -6.55. The van der Waals surface area contributed by atoms with Crippen molar-refractivity contribution in [2.45, 2.75) is 131 Å². The van der Waals surface area contributed by atoms with Crippen molar-refractivity contribution in [3.05, 3.63) is 198 Å². The Morgan fingerprint density at radius 1 is 0.473 bits per heavy atom. The van der Waals surface area contributed by atoms with Crippen molar-refractivity contribution >= 4 is 32.8 Å². The van der Waals surface area contributed by atoms with E-state index in [1.807, 2.05) is 24.4 Å². The first-order chi connectivity index (χ1) is 34.3. The Morgan fingerprint density at radius 2 is 1.11 bits per heavy atom. The van der Waals surface area contributed by atoms with Crippen molar-refractivity contribution < 1.29 is 30.4 Å². The van der Waals surface area contributed by atoms with Crippen LogP contribution in [0.5, 0.6) is 11.5 Å². The van der Waals surface area contributed by atoms with E-state index in [0.717, 1.165) is 61.2 Å². The van der Waals surface area contributed by atoms with E-state index in [-0.39, 0.29) is 48.1 Å². The summed E-state index contributed by atoms with van der Waals surface area (Å²) in [7, 11) is 0. The molecule has 0 fully saturated rings. The maximum atomic E-state index is 6.80. The van der Waals surface area contributed by atoms with Crippen LogP contribution < -0.4 is 9.30 Å². The van der Waals surface area contributed by atoms with Crippen LogP contribution in [0.2, 0.25) is 0 Å². The van der Waals surface area contributed by atoms with Crippen LogP contribution in [-0.4, -0.2) is 14.1 Å². The van der Waals surface area contributed by atoms with Gasteiger partial charge in [-0.2, -0.15) is 18.2 Å². The van der Waals surface area contributed by atoms with Crippen LogP contribution in [0, 0.1) is 18.5 Å². The Balaban J connectivity index is 0.00000672. The van der Waals surface area contributed by atoms with Gasteiger partial charge in [0.2, 0.25) is 0 Å². The average Bonchev–Trinajstić information content (AvgIpc) is 3.88. The molecule has 6 heteroatoms. The summed E-state index contributed by atoms with van der Waals surface area (Å²) in [5.74, 6) is 2.01. The van der Waals surface area contributed by atoms with Gasteiger partial charge >= 0.3 is 0 Å². The van der Waals surface area contributed by atoms with E-state index < -0.39 is 0 Å². The standard InChI is InChI=1S/C68H70N4O.Pt/c1-64(2,3)47-22-18-21-45(35-47)54-26-20-27-57(68(13,14)15)63(54)71-43-70(61-38-44(29-32-59(61)71)46-36-49(66(7,8)9)39-50(37-46)67(10,11)12)51-23-19-24-52(41-51)73-53-30-31-56-55-25-16-17-28-58(55)72(60(56)42-53)62-40-48(33-34-69-62)65(4,5)6;/h16-40H,1-15H3;/q-2;. The van der Waals surface area contributed by atoms with Crippen molar-refractivity contribution in [2.75, 3.05) is 0 Å². The third-order valence-corrected chi connectivity index (χ3v) is 14.4. The minimum absolute atomic E-state index is 0. The fraction of sp³-hybridized carbons (Fsp3) is 0.294. The van der Waals surface area contributed by atoms with Crippen molar-refractivity contribution in [2.24, 2.45) is 0 Å². The Bertz CT molecular complexity index is 3710. The molecule has 10 rings (SSSR count). The molecule has 0 spiro atoms. The average molecular weight is 1150 g/mol. The Morgan fingerprint density at radius 3 is 1.80 bits per heavy atom. The molecule has 0 N–H and O–H groups in total. The first-order valence-electron chi connectivity index (χ1n) is 25.9. The number of benzene rings is 7. The second kappa shape index (κ2) is 19.0. The molecule has 380 valence electrons. The van der Waals surface area contributed by atoms with Crippen LogP contribution in [0.3, 0.4) is 0 Å². The van der Waals surface area contributed by atoms with E-state index in [2.05, 4.69) is 263 Å². The Kier molecular flexibility index (Phi) is 13.4. The molecule has 10 aromatic rings. The molecule has 0 aliphatic carbocycles. The summed E-state index contributed by atoms with van der Waals surface area (Å²) in [6.45, 7) is 34.3. The predicted octanol–water partition coefficient (Wildman–Crippen LogP) is 17.4. The predicted molar refractivity (Wildman–Crippen MR) is 304 cm³/mol. The van der Waals surface area contributed by atoms with Gasteiger partial charge in [-0.15, -0.1) is 29.7 Å². The van der Waals surface area contributed by atoms with Crippen molar-refractivity contribution in [1.82, 2.24) is 14.1 Å². The van der Waals surface area contributed by atoms with E-state index in [1.165, 1.54) is 38.9 Å². The Labute approximate surface area is 454 Å². The van der Waals surface area contributed by atoms with Crippen LogP contribution in [0.25, 0.3) is 72.3 Å². The number of ether oxygens (including phenoxy) is 1. The molecule has 0 amide bonds. The van der Waals surface area contributed by atoms with Gasteiger partial charge in [0.1, 0.15) is 5.82 Å². The molecule has 0 saturated heterocycles. The van der Waals surface area contributed by atoms with Crippen LogP contribution >= 0.6 is 0 Å². The monoisotopic (exact) mass is 1150 g/mol. The van der Waals surface area contributed by atoms with E-state index in [1.54, 1.807) is 0 Å². The van der Waals surface area contributed by atoms with Crippen LogP contribution in [-0.2, 0) is 48.1 Å². The zero-order chi connectivity index (χ0) is 52.0. The quantitative estimate of drug-likeness (QED) is 0.118. The third-order valence-electron chi connectivity index (χ3n) is 14.4. The molecule has 3 heterocycles. The second-order valence-electron chi connectivity index (χ2n) is 25.1. The molecule has 0 bridgehead atoms. The van der Waals surface area contributed by atoms with Gasteiger partial charge in [0.05, 0.1) is 16.7 Å². The zero-order valence-corrected chi connectivity index (χ0v) is 48.2. The van der Waals surface area contributed by atoms with E-state index >= 15 is 0 Å². The van der Waals surface area contributed by atoms with Crippen molar-refractivity contribution in [3.8, 4) is 50.9 Å². The van der Waals surface area contributed by atoms with Gasteiger partial charge in [0.15, 0.2) is 0 Å². The molecule has 0 aliphatic rings. The summed E-state index contributed by atoms with van der Waals surface area (Å²) < 4.78 is 13.5. The largest absolute Gasteiger partial charge is 0.510 e. The molecule has 5 nitrogen and oxygen atoms in total. The van der Waals surface area contributed by atoms with Gasteiger partial charge < -0.3 is 13.9 Å². The number of nitrogens with zero attached hydrogens (tertiary/aromatic N) is 4. The van der Waals surface area contributed by atoms with Gasteiger partial charge in [-0.3, -0.25) is 4.57 Å².